The molecule has 1 aliphatic rings. The van der Waals surface area contributed by atoms with E-state index in [1.165, 1.54) is 12.1 Å². The zero-order valence-corrected chi connectivity index (χ0v) is 7.26. The van der Waals surface area contributed by atoms with E-state index in [-0.39, 0.29) is 5.82 Å². The van der Waals surface area contributed by atoms with E-state index in [1.807, 2.05) is 0 Å². The highest BCUT2D eigenvalue weighted by molar-refractivity contribution is 6.02. The number of halogens is 1. The van der Waals surface area contributed by atoms with Crippen LogP contribution in [-0.2, 0) is 0 Å². The molecule has 1 aliphatic heterocycles. The Labute approximate surface area is 76.6 Å². The highest BCUT2D eigenvalue weighted by Gasteiger charge is 2.11. The molecule has 0 aromatic heterocycles. The summed E-state index contributed by atoms with van der Waals surface area (Å²) < 4.78 is 12.6. The monoisotopic (exact) mass is 175 g/mol. The van der Waals surface area contributed by atoms with Crippen LogP contribution in [0.25, 0.3) is 0 Å². The Morgan fingerprint density at radius 3 is 2.38 bits per heavy atom. The number of rotatable bonds is 1. The molecule has 0 atom stereocenters. The maximum atomic E-state index is 12.6. The first-order valence-corrected chi connectivity index (χ1v) is 4.27. The van der Waals surface area contributed by atoms with Gasteiger partial charge in [0.05, 0.1) is 0 Å². The van der Waals surface area contributed by atoms with E-state index in [1.54, 1.807) is 12.1 Å². The van der Waals surface area contributed by atoms with Crippen molar-refractivity contribution in [3.05, 3.63) is 47.9 Å². The van der Waals surface area contributed by atoms with Gasteiger partial charge in [0, 0.05) is 11.4 Å². The number of nitrogens with zero attached hydrogens (tertiary/aromatic N) is 1. The van der Waals surface area contributed by atoms with E-state index in [0.717, 1.165) is 29.8 Å². The second-order valence-electron chi connectivity index (χ2n) is 3.13. The average Bonchev–Trinajstić information content (AvgIpc) is 2.53. The number of benzene rings is 1. The van der Waals surface area contributed by atoms with Gasteiger partial charge in [-0.1, -0.05) is 18.7 Å². The molecule has 1 aromatic carbocycles. The normalized spacial score (nSPS) is 16.1. The molecule has 0 fully saturated rings. The Morgan fingerprint density at radius 1 is 1.15 bits per heavy atom. The molecule has 0 unspecified atom stereocenters. The molecule has 1 heterocycles. The van der Waals surface area contributed by atoms with Crippen LogP contribution in [0.4, 0.5) is 4.39 Å². The molecule has 0 spiro atoms. The predicted octanol–water partition coefficient (Wildman–Crippen LogP) is 2.92. The Kier molecular flexibility index (Phi) is 1.97. The van der Waals surface area contributed by atoms with Crippen molar-refractivity contribution in [1.29, 1.82) is 0 Å². The van der Waals surface area contributed by atoms with Crippen LogP contribution in [0.5, 0.6) is 0 Å². The number of hydrogen-bond donors (Lipinski definition) is 0. The fraction of sp³-hybridized carbons (Fsp3) is 0.182. The third-order valence-electron chi connectivity index (χ3n) is 2.12. The quantitative estimate of drug-likeness (QED) is 0.622. The molecule has 66 valence electrons. The maximum Gasteiger partial charge on any atom is 0.123 e. The maximum absolute atomic E-state index is 12.6. The Morgan fingerprint density at radius 2 is 1.85 bits per heavy atom. The van der Waals surface area contributed by atoms with E-state index >= 15 is 0 Å². The van der Waals surface area contributed by atoms with Crippen molar-refractivity contribution in [1.82, 2.24) is 0 Å². The topological polar surface area (TPSA) is 12.4 Å². The molecule has 0 N–H and O–H groups in total. The van der Waals surface area contributed by atoms with Crippen molar-refractivity contribution in [2.75, 3.05) is 0 Å². The summed E-state index contributed by atoms with van der Waals surface area (Å²) in [5.41, 5.74) is 2.93. The summed E-state index contributed by atoms with van der Waals surface area (Å²) in [5.74, 6) is -0.207. The Balaban J connectivity index is 2.31. The summed E-state index contributed by atoms with van der Waals surface area (Å²) in [7, 11) is 0. The lowest BCUT2D eigenvalue weighted by Crippen LogP contribution is -1.95. The molecule has 2 rings (SSSR count). The lowest BCUT2D eigenvalue weighted by Gasteiger charge is -1.98. The van der Waals surface area contributed by atoms with Crippen LogP contribution >= 0.6 is 0 Å². The van der Waals surface area contributed by atoms with Gasteiger partial charge >= 0.3 is 0 Å². The molecule has 0 saturated carbocycles. The SMILES string of the molecule is C=C1CCC(c2ccc(F)cc2)=N1. The summed E-state index contributed by atoms with van der Waals surface area (Å²) in [6.45, 7) is 3.79. The molecule has 0 amide bonds. The minimum atomic E-state index is -0.207. The van der Waals surface area contributed by atoms with Crippen LogP contribution in [-0.4, -0.2) is 5.71 Å². The Hall–Kier alpha value is -1.44. The van der Waals surface area contributed by atoms with Gasteiger partial charge in [0.1, 0.15) is 5.82 Å². The summed E-state index contributed by atoms with van der Waals surface area (Å²) in [5, 5.41) is 0. The minimum Gasteiger partial charge on any atom is -0.258 e. The van der Waals surface area contributed by atoms with Crippen molar-refractivity contribution in [2.45, 2.75) is 12.8 Å². The minimum absolute atomic E-state index is 0.207. The fourth-order valence-corrected chi connectivity index (χ4v) is 1.42. The van der Waals surface area contributed by atoms with Gasteiger partial charge < -0.3 is 0 Å². The zero-order chi connectivity index (χ0) is 9.26. The smallest absolute Gasteiger partial charge is 0.123 e. The van der Waals surface area contributed by atoms with Crippen LogP contribution < -0.4 is 0 Å². The molecule has 0 radical (unpaired) electrons. The highest BCUT2D eigenvalue weighted by Crippen LogP contribution is 2.19. The van der Waals surface area contributed by atoms with Gasteiger partial charge in [-0.2, -0.15) is 0 Å². The first-order valence-electron chi connectivity index (χ1n) is 4.27. The average molecular weight is 175 g/mol. The summed E-state index contributed by atoms with van der Waals surface area (Å²) in [6.07, 6.45) is 1.84. The molecule has 1 aromatic rings. The van der Waals surface area contributed by atoms with E-state index in [4.69, 9.17) is 0 Å². The van der Waals surface area contributed by atoms with Crippen LogP contribution in [0.1, 0.15) is 18.4 Å². The molecule has 0 saturated heterocycles. The second kappa shape index (κ2) is 3.13. The van der Waals surface area contributed by atoms with Crippen molar-refractivity contribution in [3.8, 4) is 0 Å². The van der Waals surface area contributed by atoms with Crippen LogP contribution in [0.3, 0.4) is 0 Å². The number of allylic oxidation sites excluding steroid dienone is 1. The summed E-state index contributed by atoms with van der Waals surface area (Å²) >= 11 is 0. The molecule has 0 aliphatic carbocycles. The van der Waals surface area contributed by atoms with Crippen molar-refractivity contribution in [2.24, 2.45) is 4.99 Å². The van der Waals surface area contributed by atoms with Crippen LogP contribution in [0.15, 0.2) is 41.5 Å². The van der Waals surface area contributed by atoms with E-state index in [2.05, 4.69) is 11.6 Å². The number of aliphatic imine (C=N–C) groups is 1. The lowest BCUT2D eigenvalue weighted by molar-refractivity contribution is 0.628. The zero-order valence-electron chi connectivity index (χ0n) is 7.26. The first kappa shape index (κ1) is 8.17. The molecular formula is C11H10FN. The standard InChI is InChI=1S/C11H10FN/c1-8-2-7-11(13-8)9-3-5-10(12)6-4-9/h3-6H,1-2,7H2. The van der Waals surface area contributed by atoms with E-state index in [9.17, 15) is 4.39 Å². The van der Waals surface area contributed by atoms with Gasteiger partial charge in [0.2, 0.25) is 0 Å². The largest absolute Gasteiger partial charge is 0.258 e. The van der Waals surface area contributed by atoms with Gasteiger partial charge in [-0.15, -0.1) is 0 Å². The summed E-state index contributed by atoms with van der Waals surface area (Å²) in [6, 6.07) is 6.43. The first-order chi connectivity index (χ1) is 6.25. The predicted molar refractivity (Wildman–Crippen MR) is 51.3 cm³/mol. The molecule has 13 heavy (non-hydrogen) atoms. The van der Waals surface area contributed by atoms with Gasteiger partial charge in [0.15, 0.2) is 0 Å². The van der Waals surface area contributed by atoms with Gasteiger partial charge in [-0.05, 0) is 30.5 Å². The van der Waals surface area contributed by atoms with Crippen molar-refractivity contribution in [3.63, 3.8) is 0 Å². The van der Waals surface area contributed by atoms with E-state index < -0.39 is 0 Å². The lowest BCUT2D eigenvalue weighted by atomic mass is 10.1. The third-order valence-corrected chi connectivity index (χ3v) is 2.12. The van der Waals surface area contributed by atoms with Crippen molar-refractivity contribution >= 4 is 5.71 Å². The third kappa shape index (κ3) is 1.66. The summed E-state index contributed by atoms with van der Waals surface area (Å²) in [4.78, 5) is 4.29. The van der Waals surface area contributed by atoms with Crippen LogP contribution in [0.2, 0.25) is 0 Å². The highest BCUT2D eigenvalue weighted by atomic mass is 19.1. The molecule has 2 heteroatoms. The fourth-order valence-electron chi connectivity index (χ4n) is 1.42. The van der Waals surface area contributed by atoms with Crippen molar-refractivity contribution < 1.29 is 4.39 Å². The number of hydrogen-bond acceptors (Lipinski definition) is 1. The molecule has 1 nitrogen and oxygen atoms in total. The second-order valence-corrected chi connectivity index (χ2v) is 3.13. The Bertz CT molecular complexity index is 362. The van der Waals surface area contributed by atoms with Gasteiger partial charge in [-0.25, -0.2) is 4.39 Å². The van der Waals surface area contributed by atoms with Gasteiger partial charge in [0.25, 0.3) is 0 Å². The molecular weight excluding hydrogens is 165 g/mol. The van der Waals surface area contributed by atoms with E-state index in [0.29, 0.717) is 0 Å². The molecule has 0 bridgehead atoms. The van der Waals surface area contributed by atoms with Crippen LogP contribution in [0, 0.1) is 5.82 Å². The van der Waals surface area contributed by atoms with Gasteiger partial charge in [-0.3, -0.25) is 4.99 Å².